The van der Waals surface area contributed by atoms with E-state index in [1.165, 1.54) is 12.1 Å². The molecule has 7 nitrogen and oxygen atoms in total. The smallest absolute Gasteiger partial charge is 0.321 e. The van der Waals surface area contributed by atoms with Crippen molar-refractivity contribution >= 4 is 22.5 Å². The average molecular weight is 468 g/mol. The van der Waals surface area contributed by atoms with E-state index in [0.717, 1.165) is 27.8 Å². The number of hydrogen-bond donors (Lipinski definition) is 1. The first kappa shape index (κ1) is 22.0. The predicted molar refractivity (Wildman–Crippen MR) is 121 cm³/mol. The topological polar surface area (TPSA) is 68.0 Å². The Hall–Kier alpha value is -3.82. The van der Waals surface area contributed by atoms with Crippen LogP contribution in [0.3, 0.4) is 0 Å². The Morgan fingerprint density at radius 1 is 1.09 bits per heavy atom. The Bertz CT molecular complexity index is 1340. The van der Waals surface area contributed by atoms with Crippen LogP contribution in [0.25, 0.3) is 16.6 Å². The van der Waals surface area contributed by atoms with Crippen LogP contribution in [0.2, 0.25) is 0 Å². The molecule has 10 heteroatoms. The van der Waals surface area contributed by atoms with Gasteiger partial charge in [-0.25, -0.2) is 9.07 Å². The fourth-order valence-corrected chi connectivity index (χ4v) is 4.52. The van der Waals surface area contributed by atoms with Crippen molar-refractivity contribution in [1.82, 2.24) is 24.9 Å². The first-order valence-electron chi connectivity index (χ1n) is 10.9. The molecule has 1 saturated heterocycles. The van der Waals surface area contributed by atoms with Gasteiger partial charge >= 0.3 is 5.92 Å². The standard InChI is InChI=1S/C24H23F3N6O/c1-24(26,27)23(34)30-20-9-10-32(22(20)16-13-28-31(2)14-16)19-7-8-21-15(11-19)12-29-33(21)18-5-3-17(25)4-6-18/h3-8,11-14,20,22H,9-10H2,1-2H3,(H,30,34)/t20?,22-/m1/s1. The molecule has 1 aliphatic heterocycles. The molecule has 2 aromatic carbocycles. The summed E-state index contributed by atoms with van der Waals surface area (Å²) in [6.07, 6.45) is 5.76. The summed E-state index contributed by atoms with van der Waals surface area (Å²) in [6.45, 7) is 1.16. The fraction of sp³-hybridized carbons (Fsp3) is 0.292. The normalized spacial score (nSPS) is 18.6. The quantitative estimate of drug-likeness (QED) is 0.481. The highest BCUT2D eigenvalue weighted by atomic mass is 19.3. The van der Waals surface area contributed by atoms with Crippen molar-refractivity contribution in [2.24, 2.45) is 7.05 Å². The Morgan fingerprint density at radius 2 is 1.82 bits per heavy atom. The molecular weight excluding hydrogens is 445 g/mol. The number of fused-ring (bicyclic) bond motifs is 1. The van der Waals surface area contributed by atoms with Crippen LogP contribution in [0.1, 0.15) is 24.9 Å². The van der Waals surface area contributed by atoms with E-state index in [1.54, 1.807) is 40.9 Å². The number of hydrogen-bond acceptors (Lipinski definition) is 4. The van der Waals surface area contributed by atoms with E-state index in [9.17, 15) is 18.0 Å². The molecule has 0 spiro atoms. The number of carbonyl (C=O) groups excluding carboxylic acids is 1. The third-order valence-corrected chi connectivity index (χ3v) is 6.13. The number of nitrogens with zero attached hydrogens (tertiary/aromatic N) is 5. The van der Waals surface area contributed by atoms with Crippen molar-refractivity contribution in [3.8, 4) is 5.69 Å². The molecule has 34 heavy (non-hydrogen) atoms. The highest BCUT2D eigenvalue weighted by molar-refractivity contribution is 5.85. The highest BCUT2D eigenvalue weighted by Crippen LogP contribution is 2.38. The van der Waals surface area contributed by atoms with Crippen LogP contribution in [0.5, 0.6) is 0 Å². The number of benzene rings is 2. The first-order chi connectivity index (χ1) is 16.2. The van der Waals surface area contributed by atoms with Gasteiger partial charge < -0.3 is 10.2 Å². The van der Waals surface area contributed by atoms with E-state index < -0.39 is 17.9 Å². The Balaban J connectivity index is 1.49. The lowest BCUT2D eigenvalue weighted by atomic mass is 10.0. The first-order valence-corrected chi connectivity index (χ1v) is 10.9. The minimum absolute atomic E-state index is 0.319. The summed E-state index contributed by atoms with van der Waals surface area (Å²) in [6, 6.07) is 11.1. The second kappa shape index (κ2) is 8.19. The molecule has 2 atom stereocenters. The number of nitrogens with one attached hydrogen (secondary N) is 1. The fourth-order valence-electron chi connectivity index (χ4n) is 4.52. The van der Waals surface area contributed by atoms with E-state index in [0.29, 0.717) is 19.9 Å². The van der Waals surface area contributed by atoms with Crippen molar-refractivity contribution in [3.05, 3.63) is 72.4 Å². The van der Waals surface area contributed by atoms with Crippen molar-refractivity contribution < 1.29 is 18.0 Å². The molecular formula is C24H23F3N6O. The molecule has 5 rings (SSSR count). The van der Waals surface area contributed by atoms with Crippen LogP contribution in [0.4, 0.5) is 18.9 Å². The number of rotatable bonds is 5. The van der Waals surface area contributed by atoms with Gasteiger partial charge in [-0.2, -0.15) is 19.0 Å². The van der Waals surface area contributed by atoms with Crippen LogP contribution >= 0.6 is 0 Å². The van der Waals surface area contributed by atoms with Crippen molar-refractivity contribution in [3.63, 3.8) is 0 Å². The van der Waals surface area contributed by atoms with Gasteiger partial charge in [0.05, 0.1) is 35.7 Å². The van der Waals surface area contributed by atoms with Gasteiger partial charge in [-0.1, -0.05) is 0 Å². The summed E-state index contributed by atoms with van der Waals surface area (Å²) in [5, 5.41) is 12.1. The minimum Gasteiger partial charge on any atom is -0.362 e. The van der Waals surface area contributed by atoms with Gasteiger partial charge in [-0.3, -0.25) is 9.48 Å². The van der Waals surface area contributed by atoms with Gasteiger partial charge in [0.2, 0.25) is 0 Å². The summed E-state index contributed by atoms with van der Waals surface area (Å²) < 4.78 is 43.9. The summed E-state index contributed by atoms with van der Waals surface area (Å²) in [4.78, 5) is 14.1. The number of halogens is 3. The van der Waals surface area contributed by atoms with Crippen LogP contribution in [0.15, 0.2) is 61.1 Å². The van der Waals surface area contributed by atoms with Gasteiger partial charge in [0.15, 0.2) is 0 Å². The minimum atomic E-state index is -3.46. The number of alkyl halides is 2. The van der Waals surface area contributed by atoms with Crippen molar-refractivity contribution in [2.45, 2.75) is 31.4 Å². The monoisotopic (exact) mass is 468 g/mol. The second-order valence-electron chi connectivity index (χ2n) is 8.62. The van der Waals surface area contributed by atoms with E-state index in [4.69, 9.17) is 0 Å². The van der Waals surface area contributed by atoms with Crippen LogP contribution in [-0.2, 0) is 11.8 Å². The summed E-state index contributed by atoms with van der Waals surface area (Å²) >= 11 is 0. The van der Waals surface area contributed by atoms with Crippen molar-refractivity contribution in [2.75, 3.05) is 11.4 Å². The molecule has 1 amide bonds. The third-order valence-electron chi connectivity index (χ3n) is 6.13. The molecule has 1 fully saturated rings. The van der Waals surface area contributed by atoms with E-state index in [1.807, 2.05) is 24.4 Å². The zero-order valence-electron chi connectivity index (χ0n) is 18.6. The van der Waals surface area contributed by atoms with E-state index in [-0.39, 0.29) is 11.9 Å². The maximum Gasteiger partial charge on any atom is 0.321 e. The average Bonchev–Trinajstić information content (AvgIpc) is 3.51. The zero-order chi connectivity index (χ0) is 24.0. The summed E-state index contributed by atoms with van der Waals surface area (Å²) in [7, 11) is 1.78. The van der Waals surface area contributed by atoms with E-state index in [2.05, 4.69) is 20.4 Å². The van der Waals surface area contributed by atoms with Crippen molar-refractivity contribution in [1.29, 1.82) is 0 Å². The van der Waals surface area contributed by atoms with Crippen LogP contribution in [0, 0.1) is 5.82 Å². The number of amides is 1. The maximum atomic E-state index is 13.6. The molecule has 1 N–H and O–H groups in total. The number of aryl methyl sites for hydroxylation is 1. The molecule has 0 bridgehead atoms. The van der Waals surface area contributed by atoms with Gasteiger partial charge in [-0.05, 0) is 48.9 Å². The molecule has 2 aromatic heterocycles. The lowest BCUT2D eigenvalue weighted by Crippen LogP contribution is -2.46. The summed E-state index contributed by atoms with van der Waals surface area (Å²) in [5.41, 5.74) is 3.29. The highest BCUT2D eigenvalue weighted by Gasteiger charge is 2.41. The largest absolute Gasteiger partial charge is 0.362 e. The third kappa shape index (κ3) is 4.00. The van der Waals surface area contributed by atoms with Gasteiger partial charge in [0.25, 0.3) is 5.91 Å². The lowest BCUT2D eigenvalue weighted by molar-refractivity contribution is -0.143. The molecule has 3 heterocycles. The molecule has 1 aliphatic rings. The zero-order valence-corrected chi connectivity index (χ0v) is 18.6. The van der Waals surface area contributed by atoms with Gasteiger partial charge in [0, 0.05) is 43.4 Å². The summed E-state index contributed by atoms with van der Waals surface area (Å²) in [5.74, 6) is -5.06. The Labute approximate surface area is 193 Å². The van der Waals surface area contributed by atoms with Gasteiger partial charge in [0.1, 0.15) is 5.82 Å². The SMILES string of the molecule is Cn1cc([C@@H]2C(NC(=O)C(C)(F)F)CCN2c2ccc3c(cnn3-c3ccc(F)cc3)c2)cn1. The molecule has 0 aliphatic carbocycles. The number of aromatic nitrogens is 4. The number of anilines is 1. The van der Waals surface area contributed by atoms with Crippen LogP contribution in [-0.4, -0.2) is 44.0 Å². The molecule has 0 radical (unpaired) electrons. The number of carbonyl (C=O) groups is 1. The van der Waals surface area contributed by atoms with Gasteiger partial charge in [-0.15, -0.1) is 0 Å². The second-order valence-corrected chi connectivity index (χ2v) is 8.62. The molecule has 0 saturated carbocycles. The lowest BCUT2D eigenvalue weighted by Gasteiger charge is -2.30. The van der Waals surface area contributed by atoms with Crippen LogP contribution < -0.4 is 10.2 Å². The predicted octanol–water partition coefficient (Wildman–Crippen LogP) is 3.99. The Kier molecular flexibility index (Phi) is 5.30. The molecule has 176 valence electrons. The maximum absolute atomic E-state index is 13.6. The molecule has 1 unspecified atom stereocenters. The van der Waals surface area contributed by atoms with E-state index >= 15 is 0 Å². The molecule has 4 aromatic rings. The Morgan fingerprint density at radius 3 is 2.50 bits per heavy atom.